The molecule has 0 saturated heterocycles. The third-order valence-electron chi connectivity index (χ3n) is 1.64. The zero-order chi connectivity index (χ0) is 9.26. The Kier molecular flexibility index (Phi) is 2.20. The lowest BCUT2D eigenvalue weighted by atomic mass is 10.2. The van der Waals surface area contributed by atoms with Crippen LogP contribution in [0.2, 0.25) is 0 Å². The highest BCUT2D eigenvalue weighted by atomic mass is 32.1. The quantitative estimate of drug-likeness (QED) is 0.713. The van der Waals surface area contributed by atoms with Crippen molar-refractivity contribution in [1.29, 1.82) is 0 Å². The topological polar surface area (TPSA) is 42.9 Å². The van der Waals surface area contributed by atoms with Crippen LogP contribution in [0.1, 0.15) is 20.9 Å². The summed E-state index contributed by atoms with van der Waals surface area (Å²) in [6.07, 6.45) is 0. The molecular weight excluding hydrogens is 204 g/mol. The molecule has 0 N–H and O–H groups in total. The minimum Gasteiger partial charge on any atom is -0.288 e. The molecule has 0 aromatic carbocycles. The van der Waals surface area contributed by atoms with Gasteiger partial charge in [-0.05, 0) is 29.9 Å². The minimum absolute atomic E-state index is 0.0220. The molecular formula is C8H6N2OS2. The van der Waals surface area contributed by atoms with Crippen molar-refractivity contribution < 1.29 is 4.79 Å². The van der Waals surface area contributed by atoms with Crippen molar-refractivity contribution in [3.8, 4) is 0 Å². The average molecular weight is 210 g/mol. The van der Waals surface area contributed by atoms with Gasteiger partial charge < -0.3 is 0 Å². The lowest BCUT2D eigenvalue weighted by Crippen LogP contribution is -1.98. The number of nitrogens with zero attached hydrogens (tertiary/aromatic N) is 2. The van der Waals surface area contributed by atoms with Gasteiger partial charge in [0.1, 0.15) is 4.88 Å². The summed E-state index contributed by atoms with van der Waals surface area (Å²) in [5.74, 6) is 0.0220. The summed E-state index contributed by atoms with van der Waals surface area (Å²) in [4.78, 5) is 12.4. The molecule has 0 aliphatic rings. The van der Waals surface area contributed by atoms with Crippen molar-refractivity contribution in [2.24, 2.45) is 0 Å². The zero-order valence-electron chi connectivity index (χ0n) is 6.85. The summed E-state index contributed by atoms with van der Waals surface area (Å²) in [6.45, 7) is 1.79. The van der Waals surface area contributed by atoms with Crippen LogP contribution in [-0.2, 0) is 0 Å². The van der Waals surface area contributed by atoms with Crippen LogP contribution in [-0.4, -0.2) is 15.4 Å². The van der Waals surface area contributed by atoms with Crippen LogP contribution >= 0.6 is 22.9 Å². The van der Waals surface area contributed by atoms with Crippen LogP contribution in [0.25, 0.3) is 0 Å². The predicted octanol–water partition coefficient (Wildman–Crippen LogP) is 2.14. The van der Waals surface area contributed by atoms with Gasteiger partial charge in [0, 0.05) is 10.9 Å². The van der Waals surface area contributed by atoms with Gasteiger partial charge in [-0.1, -0.05) is 4.49 Å². The highest BCUT2D eigenvalue weighted by molar-refractivity contribution is 7.09. The van der Waals surface area contributed by atoms with Crippen molar-refractivity contribution in [3.63, 3.8) is 0 Å². The van der Waals surface area contributed by atoms with Crippen molar-refractivity contribution in [2.75, 3.05) is 0 Å². The second-order valence-corrected chi connectivity index (χ2v) is 4.06. The van der Waals surface area contributed by atoms with E-state index in [4.69, 9.17) is 0 Å². The molecule has 0 atom stereocenters. The fourth-order valence-electron chi connectivity index (χ4n) is 0.964. The first-order chi connectivity index (χ1) is 6.29. The zero-order valence-corrected chi connectivity index (χ0v) is 8.48. The lowest BCUT2D eigenvalue weighted by Gasteiger charge is -1.91. The van der Waals surface area contributed by atoms with Crippen LogP contribution in [0, 0.1) is 6.92 Å². The third-order valence-corrected chi connectivity index (χ3v) is 3.15. The van der Waals surface area contributed by atoms with E-state index in [0.717, 1.165) is 17.1 Å². The lowest BCUT2D eigenvalue weighted by molar-refractivity contribution is 0.104. The van der Waals surface area contributed by atoms with Crippen molar-refractivity contribution in [1.82, 2.24) is 9.59 Å². The molecule has 0 aliphatic heterocycles. The Morgan fingerprint density at radius 2 is 2.38 bits per heavy atom. The van der Waals surface area contributed by atoms with Gasteiger partial charge in [0.25, 0.3) is 0 Å². The second-order valence-electron chi connectivity index (χ2n) is 2.53. The van der Waals surface area contributed by atoms with Gasteiger partial charge in [0.05, 0.1) is 5.69 Å². The fraction of sp³-hybridized carbons (Fsp3) is 0.125. The van der Waals surface area contributed by atoms with Crippen molar-refractivity contribution >= 4 is 28.7 Å². The number of hydrogen-bond donors (Lipinski definition) is 0. The van der Waals surface area contributed by atoms with Gasteiger partial charge in [0.15, 0.2) is 0 Å². The maximum atomic E-state index is 11.7. The summed E-state index contributed by atoms with van der Waals surface area (Å²) >= 11 is 2.66. The van der Waals surface area contributed by atoms with E-state index < -0.39 is 0 Å². The molecule has 0 unspecified atom stereocenters. The normalized spacial score (nSPS) is 10.2. The molecule has 2 heterocycles. The van der Waals surface area contributed by atoms with Gasteiger partial charge >= 0.3 is 0 Å². The van der Waals surface area contributed by atoms with Crippen molar-refractivity contribution in [2.45, 2.75) is 6.92 Å². The van der Waals surface area contributed by atoms with E-state index in [1.54, 1.807) is 6.92 Å². The largest absolute Gasteiger partial charge is 0.288 e. The standard InChI is InChI=1S/C8H6N2OS2/c1-5-8(13-10-9-5)7(11)6-2-3-12-4-6/h2-4H,1H3. The van der Waals surface area contributed by atoms with Gasteiger partial charge in [0.2, 0.25) is 5.78 Å². The Hall–Kier alpha value is -1.07. The van der Waals surface area contributed by atoms with E-state index in [-0.39, 0.29) is 5.78 Å². The molecule has 2 aromatic heterocycles. The Bertz CT molecular complexity index is 419. The number of carbonyl (C=O) groups is 1. The van der Waals surface area contributed by atoms with E-state index >= 15 is 0 Å². The van der Waals surface area contributed by atoms with Crippen LogP contribution in [0.15, 0.2) is 16.8 Å². The summed E-state index contributed by atoms with van der Waals surface area (Å²) in [5, 5.41) is 7.52. The number of aromatic nitrogens is 2. The van der Waals surface area contributed by atoms with E-state index in [1.165, 1.54) is 11.3 Å². The monoisotopic (exact) mass is 210 g/mol. The minimum atomic E-state index is 0.0220. The summed E-state index contributed by atoms with van der Waals surface area (Å²) < 4.78 is 3.73. The molecule has 2 aromatic rings. The average Bonchev–Trinajstić information content (AvgIpc) is 2.72. The highest BCUT2D eigenvalue weighted by Gasteiger charge is 2.15. The molecule has 3 nitrogen and oxygen atoms in total. The fourth-order valence-corrected chi connectivity index (χ4v) is 2.22. The molecule has 0 fully saturated rings. The first kappa shape index (κ1) is 8.52. The molecule has 0 aliphatic carbocycles. The molecule has 2 rings (SSSR count). The summed E-state index contributed by atoms with van der Waals surface area (Å²) in [7, 11) is 0. The predicted molar refractivity (Wildman–Crippen MR) is 52.4 cm³/mol. The van der Waals surface area contributed by atoms with Crippen molar-refractivity contribution in [3.05, 3.63) is 33.0 Å². The number of carbonyl (C=O) groups excluding carboxylic acids is 1. The molecule has 5 heteroatoms. The molecule has 0 spiro atoms. The van der Waals surface area contributed by atoms with Crippen LogP contribution < -0.4 is 0 Å². The number of hydrogen-bond acceptors (Lipinski definition) is 5. The SMILES string of the molecule is Cc1nnsc1C(=O)c1ccsc1. The Balaban J connectivity index is 2.39. The van der Waals surface area contributed by atoms with Gasteiger partial charge in [-0.25, -0.2) is 0 Å². The Labute approximate surface area is 83.2 Å². The van der Waals surface area contributed by atoms with Gasteiger partial charge in [-0.15, -0.1) is 5.10 Å². The Morgan fingerprint density at radius 3 is 2.92 bits per heavy atom. The van der Waals surface area contributed by atoms with Crippen LogP contribution in [0.5, 0.6) is 0 Å². The van der Waals surface area contributed by atoms with E-state index in [9.17, 15) is 4.79 Å². The summed E-state index contributed by atoms with van der Waals surface area (Å²) in [5.41, 5.74) is 1.43. The molecule has 0 saturated carbocycles. The number of thiophene rings is 1. The van der Waals surface area contributed by atoms with E-state index in [0.29, 0.717) is 10.6 Å². The maximum Gasteiger partial charge on any atom is 0.207 e. The number of ketones is 1. The molecule has 0 radical (unpaired) electrons. The van der Waals surface area contributed by atoms with E-state index in [2.05, 4.69) is 9.59 Å². The van der Waals surface area contributed by atoms with Gasteiger partial charge in [-0.2, -0.15) is 11.3 Å². The Morgan fingerprint density at radius 1 is 1.54 bits per heavy atom. The second kappa shape index (κ2) is 3.35. The smallest absolute Gasteiger partial charge is 0.207 e. The molecule has 66 valence electrons. The molecule has 13 heavy (non-hydrogen) atoms. The third kappa shape index (κ3) is 1.52. The first-order valence-corrected chi connectivity index (χ1v) is 5.36. The first-order valence-electron chi connectivity index (χ1n) is 3.65. The summed E-state index contributed by atoms with van der Waals surface area (Å²) in [6, 6.07) is 1.81. The molecule has 0 amide bonds. The highest BCUT2D eigenvalue weighted by Crippen LogP contribution is 2.17. The van der Waals surface area contributed by atoms with E-state index in [1.807, 2.05) is 16.8 Å². The maximum absolute atomic E-state index is 11.7. The number of rotatable bonds is 2. The van der Waals surface area contributed by atoms with Crippen LogP contribution in [0.4, 0.5) is 0 Å². The number of aryl methyl sites for hydroxylation is 1. The van der Waals surface area contributed by atoms with Crippen LogP contribution in [0.3, 0.4) is 0 Å². The molecule has 0 bridgehead atoms. The van der Waals surface area contributed by atoms with Gasteiger partial charge in [-0.3, -0.25) is 4.79 Å².